The first-order chi connectivity index (χ1) is 13.7. The molecule has 7 nitrogen and oxygen atoms in total. The van der Waals surface area contributed by atoms with Gasteiger partial charge in [0.05, 0.1) is 22.3 Å². The third-order valence-corrected chi connectivity index (χ3v) is 6.51. The maximum Gasteiger partial charge on any atom is 0.341 e. The Kier molecular flexibility index (Phi) is 4.77. The van der Waals surface area contributed by atoms with Crippen LogP contribution in [0.3, 0.4) is 0 Å². The Morgan fingerprint density at radius 2 is 2.03 bits per heavy atom. The summed E-state index contributed by atoms with van der Waals surface area (Å²) in [4.78, 5) is 28.4. The molecule has 0 unspecified atom stereocenters. The van der Waals surface area contributed by atoms with Crippen molar-refractivity contribution in [1.29, 1.82) is 0 Å². The number of carboxylic acid groups (broad SMARTS) is 1. The van der Waals surface area contributed by atoms with Gasteiger partial charge in [-0.05, 0) is 52.3 Å². The van der Waals surface area contributed by atoms with Crippen LogP contribution in [-0.4, -0.2) is 53.8 Å². The van der Waals surface area contributed by atoms with E-state index in [0.29, 0.717) is 36.3 Å². The lowest BCUT2D eigenvalue weighted by atomic mass is 10.00. The van der Waals surface area contributed by atoms with Crippen molar-refractivity contribution in [2.75, 3.05) is 37.8 Å². The van der Waals surface area contributed by atoms with E-state index in [1.165, 1.54) is 6.20 Å². The molecule has 2 atom stereocenters. The van der Waals surface area contributed by atoms with Gasteiger partial charge in [0, 0.05) is 31.4 Å². The molecule has 0 radical (unpaired) electrons. The molecule has 3 N–H and O–H groups in total. The molecule has 4 rings (SSSR count). The number of carboxylic acids is 1. The summed E-state index contributed by atoms with van der Waals surface area (Å²) < 4.78 is 17.0. The highest BCUT2D eigenvalue weighted by molar-refractivity contribution is 5.99. The second-order valence-corrected chi connectivity index (χ2v) is 8.53. The number of anilines is 2. The predicted molar refractivity (Wildman–Crippen MR) is 111 cm³/mol. The van der Waals surface area contributed by atoms with Gasteiger partial charge in [0.15, 0.2) is 5.82 Å². The normalized spacial score (nSPS) is 20.6. The van der Waals surface area contributed by atoms with Gasteiger partial charge in [-0.25, -0.2) is 9.18 Å². The van der Waals surface area contributed by atoms with Crippen LogP contribution in [0.25, 0.3) is 10.9 Å². The summed E-state index contributed by atoms with van der Waals surface area (Å²) in [6.07, 6.45) is 4.13. The Morgan fingerprint density at radius 3 is 2.62 bits per heavy atom. The fourth-order valence-corrected chi connectivity index (χ4v) is 4.35. The van der Waals surface area contributed by atoms with E-state index in [2.05, 4.69) is 11.8 Å². The number of carbonyl (C=O) groups is 1. The second-order valence-electron chi connectivity index (χ2n) is 8.53. The molecule has 156 valence electrons. The highest BCUT2D eigenvalue weighted by Crippen LogP contribution is 2.40. The number of nitrogen functional groups attached to an aromatic ring is 1. The number of hydrogen-bond acceptors (Lipinski definition) is 5. The maximum absolute atomic E-state index is 15.3. The molecule has 0 bridgehead atoms. The summed E-state index contributed by atoms with van der Waals surface area (Å²) in [6, 6.07) is 2.16. The number of aromatic nitrogens is 1. The topological polar surface area (TPSA) is 91.8 Å². The SMILES string of the molecule is C[C@H]([C@H]1CCN(c2cc3c(c(N)c2F)c(=O)c(C(=O)O)cn3C2CC2)C1)N(C)C. The minimum atomic E-state index is -1.32. The zero-order valence-corrected chi connectivity index (χ0v) is 17.0. The quantitative estimate of drug-likeness (QED) is 0.747. The van der Waals surface area contributed by atoms with Gasteiger partial charge in [-0.15, -0.1) is 0 Å². The third kappa shape index (κ3) is 3.25. The highest BCUT2D eigenvalue weighted by Gasteiger charge is 2.32. The van der Waals surface area contributed by atoms with Gasteiger partial charge in [-0.3, -0.25) is 4.79 Å². The average molecular weight is 402 g/mol. The van der Waals surface area contributed by atoms with E-state index < -0.39 is 17.2 Å². The summed E-state index contributed by atoms with van der Waals surface area (Å²) in [6.45, 7) is 3.59. The number of pyridine rings is 1. The van der Waals surface area contributed by atoms with Crippen molar-refractivity contribution in [2.24, 2.45) is 5.92 Å². The molecule has 1 aliphatic carbocycles. The van der Waals surface area contributed by atoms with E-state index in [1.54, 1.807) is 10.6 Å². The predicted octanol–water partition coefficient (Wildman–Crippen LogP) is 2.53. The molecule has 1 saturated carbocycles. The second kappa shape index (κ2) is 7.02. The van der Waals surface area contributed by atoms with Crippen molar-refractivity contribution in [1.82, 2.24) is 9.47 Å². The van der Waals surface area contributed by atoms with E-state index in [4.69, 9.17) is 5.73 Å². The van der Waals surface area contributed by atoms with Crippen molar-refractivity contribution < 1.29 is 14.3 Å². The molecule has 1 aromatic carbocycles. The van der Waals surface area contributed by atoms with Crippen molar-refractivity contribution in [3.63, 3.8) is 0 Å². The van der Waals surface area contributed by atoms with E-state index in [0.717, 1.165) is 19.3 Å². The number of fused-ring (bicyclic) bond motifs is 1. The number of halogens is 1. The van der Waals surface area contributed by atoms with E-state index in [9.17, 15) is 14.7 Å². The van der Waals surface area contributed by atoms with Crippen molar-refractivity contribution >= 4 is 28.2 Å². The van der Waals surface area contributed by atoms with Crippen LogP contribution in [0.2, 0.25) is 0 Å². The van der Waals surface area contributed by atoms with Crippen LogP contribution >= 0.6 is 0 Å². The number of nitrogens with zero attached hydrogens (tertiary/aromatic N) is 3. The molecule has 2 heterocycles. The number of hydrogen-bond donors (Lipinski definition) is 2. The molecule has 29 heavy (non-hydrogen) atoms. The van der Waals surface area contributed by atoms with Crippen LogP contribution < -0.4 is 16.1 Å². The Morgan fingerprint density at radius 1 is 1.34 bits per heavy atom. The first-order valence-electron chi connectivity index (χ1n) is 10.0. The van der Waals surface area contributed by atoms with E-state index in [-0.39, 0.29) is 22.7 Å². The van der Waals surface area contributed by atoms with Gasteiger partial charge in [0.2, 0.25) is 5.43 Å². The third-order valence-electron chi connectivity index (χ3n) is 6.51. The fraction of sp³-hybridized carbons (Fsp3) is 0.524. The first kappa shape index (κ1) is 19.7. The molecule has 1 saturated heterocycles. The summed E-state index contributed by atoms with van der Waals surface area (Å²) in [7, 11) is 4.08. The molecule has 2 fully saturated rings. The smallest absolute Gasteiger partial charge is 0.341 e. The molecule has 1 aromatic heterocycles. The molecule has 2 aromatic rings. The first-order valence-corrected chi connectivity index (χ1v) is 10.0. The number of benzene rings is 1. The van der Waals surface area contributed by atoms with Crippen LogP contribution in [0.1, 0.15) is 42.6 Å². The highest BCUT2D eigenvalue weighted by atomic mass is 19.1. The standard InChI is InChI=1S/C21H27FN4O3/c1-11(24(2)3)12-6-7-25(9-12)16-8-15-17(19(23)18(16)22)20(27)14(21(28)29)10-26(15)13-4-5-13/h8,10-13H,4-7,9,23H2,1-3H3,(H,28,29)/t11-,12+/m1/s1. The maximum atomic E-state index is 15.3. The summed E-state index contributed by atoms with van der Waals surface area (Å²) in [5.41, 5.74) is 5.62. The van der Waals surface area contributed by atoms with Crippen molar-refractivity contribution in [3.8, 4) is 0 Å². The summed E-state index contributed by atoms with van der Waals surface area (Å²) in [5.74, 6) is -1.56. The monoisotopic (exact) mass is 402 g/mol. The summed E-state index contributed by atoms with van der Waals surface area (Å²) in [5, 5.41) is 9.37. The Hall–Kier alpha value is -2.61. The van der Waals surface area contributed by atoms with Gasteiger partial charge in [0.25, 0.3) is 0 Å². The van der Waals surface area contributed by atoms with Crippen molar-refractivity contribution in [3.05, 3.63) is 33.9 Å². The van der Waals surface area contributed by atoms with Gasteiger partial charge in [-0.1, -0.05) is 0 Å². The zero-order chi connectivity index (χ0) is 21.0. The van der Waals surface area contributed by atoms with Gasteiger partial charge in [0.1, 0.15) is 5.56 Å². The van der Waals surface area contributed by atoms with E-state index in [1.807, 2.05) is 19.0 Å². The lowest BCUT2D eigenvalue weighted by Gasteiger charge is -2.27. The van der Waals surface area contributed by atoms with Crippen LogP contribution in [0.15, 0.2) is 17.1 Å². The average Bonchev–Trinajstić information content (AvgIpc) is 3.39. The minimum absolute atomic E-state index is 0.0320. The van der Waals surface area contributed by atoms with Gasteiger partial charge < -0.3 is 25.2 Å². The number of aromatic carboxylic acids is 1. The minimum Gasteiger partial charge on any atom is -0.477 e. The molecule has 1 aliphatic heterocycles. The lowest BCUT2D eigenvalue weighted by Crippen LogP contribution is -2.34. The summed E-state index contributed by atoms with van der Waals surface area (Å²) >= 11 is 0. The molecular formula is C21H27FN4O3. The molecular weight excluding hydrogens is 375 g/mol. The molecule has 2 aliphatic rings. The Bertz CT molecular complexity index is 1040. The largest absolute Gasteiger partial charge is 0.477 e. The van der Waals surface area contributed by atoms with Crippen molar-refractivity contribution in [2.45, 2.75) is 38.3 Å². The molecule has 8 heteroatoms. The van der Waals surface area contributed by atoms with E-state index >= 15 is 4.39 Å². The van der Waals surface area contributed by atoms with Crippen LogP contribution in [-0.2, 0) is 0 Å². The number of nitrogens with two attached hydrogens (primary N) is 1. The zero-order valence-electron chi connectivity index (χ0n) is 17.0. The van der Waals surface area contributed by atoms with Crippen LogP contribution in [0.5, 0.6) is 0 Å². The lowest BCUT2D eigenvalue weighted by molar-refractivity contribution is 0.0695. The number of rotatable bonds is 5. The molecule has 0 spiro atoms. The fourth-order valence-electron chi connectivity index (χ4n) is 4.35. The van der Waals surface area contributed by atoms with Gasteiger partial charge >= 0.3 is 5.97 Å². The Balaban J connectivity index is 1.85. The molecule has 0 amide bonds. The van der Waals surface area contributed by atoms with Crippen LogP contribution in [0, 0.1) is 11.7 Å². The Labute approximate surface area is 168 Å². The van der Waals surface area contributed by atoms with Gasteiger partial charge in [-0.2, -0.15) is 0 Å². The van der Waals surface area contributed by atoms with Crippen LogP contribution in [0.4, 0.5) is 15.8 Å².